The van der Waals surface area contributed by atoms with Crippen molar-refractivity contribution in [3.8, 4) is 11.5 Å². The highest BCUT2D eigenvalue weighted by atomic mass is 16.9. The van der Waals surface area contributed by atoms with E-state index < -0.39 is 5.91 Å². The molecule has 1 saturated heterocycles. The SMILES string of the molecule is CC1OC2(NC(=N)c3cc(Oc4ccccc4)ccc32)O1. The van der Waals surface area contributed by atoms with Crippen LogP contribution in [0.15, 0.2) is 48.5 Å². The lowest BCUT2D eigenvalue weighted by atomic mass is 10.1. The Morgan fingerprint density at radius 2 is 1.86 bits per heavy atom. The van der Waals surface area contributed by atoms with Gasteiger partial charge in [0.25, 0.3) is 5.91 Å². The summed E-state index contributed by atoms with van der Waals surface area (Å²) in [6.45, 7) is 1.82. The number of amidine groups is 1. The summed E-state index contributed by atoms with van der Waals surface area (Å²) in [5.41, 5.74) is 1.54. The summed E-state index contributed by atoms with van der Waals surface area (Å²) in [6, 6.07) is 15.1. The van der Waals surface area contributed by atoms with Gasteiger partial charge in [-0.05, 0) is 37.3 Å². The van der Waals surface area contributed by atoms with Crippen molar-refractivity contribution >= 4 is 5.84 Å². The van der Waals surface area contributed by atoms with Crippen LogP contribution in [0.2, 0.25) is 0 Å². The van der Waals surface area contributed by atoms with Crippen molar-refractivity contribution in [1.29, 1.82) is 5.41 Å². The van der Waals surface area contributed by atoms with E-state index in [-0.39, 0.29) is 12.1 Å². The van der Waals surface area contributed by atoms with E-state index >= 15 is 0 Å². The van der Waals surface area contributed by atoms with Crippen molar-refractivity contribution in [1.82, 2.24) is 5.32 Å². The molecule has 4 rings (SSSR count). The fourth-order valence-electron chi connectivity index (χ4n) is 2.67. The van der Waals surface area contributed by atoms with Crippen LogP contribution in [-0.2, 0) is 15.4 Å². The third-order valence-corrected chi connectivity index (χ3v) is 3.55. The molecule has 5 nitrogen and oxygen atoms in total. The zero-order valence-electron chi connectivity index (χ0n) is 11.4. The largest absolute Gasteiger partial charge is 0.457 e. The van der Waals surface area contributed by atoms with Gasteiger partial charge in [-0.15, -0.1) is 0 Å². The monoisotopic (exact) mass is 282 g/mol. The second kappa shape index (κ2) is 4.31. The number of nitrogens with one attached hydrogen (secondary N) is 2. The number of hydrogen-bond acceptors (Lipinski definition) is 4. The second-order valence-corrected chi connectivity index (χ2v) is 5.04. The molecule has 0 atom stereocenters. The minimum absolute atomic E-state index is 0.267. The van der Waals surface area contributed by atoms with Crippen molar-refractivity contribution in [3.63, 3.8) is 0 Å². The van der Waals surface area contributed by atoms with Gasteiger partial charge in [-0.2, -0.15) is 0 Å². The van der Waals surface area contributed by atoms with Crippen LogP contribution in [-0.4, -0.2) is 12.1 Å². The van der Waals surface area contributed by atoms with Gasteiger partial charge in [-0.3, -0.25) is 14.9 Å². The van der Waals surface area contributed by atoms with Gasteiger partial charge in [0.05, 0.1) is 0 Å². The zero-order chi connectivity index (χ0) is 14.4. The molecule has 0 amide bonds. The number of fused-ring (bicyclic) bond motifs is 2. The van der Waals surface area contributed by atoms with Crippen LogP contribution < -0.4 is 10.1 Å². The summed E-state index contributed by atoms with van der Waals surface area (Å²) in [7, 11) is 0. The van der Waals surface area contributed by atoms with Gasteiger partial charge < -0.3 is 10.1 Å². The number of benzene rings is 2. The van der Waals surface area contributed by atoms with Gasteiger partial charge in [0.2, 0.25) is 0 Å². The molecule has 21 heavy (non-hydrogen) atoms. The van der Waals surface area contributed by atoms with Crippen LogP contribution >= 0.6 is 0 Å². The highest BCUT2D eigenvalue weighted by Gasteiger charge is 2.53. The predicted octanol–water partition coefficient (Wildman–Crippen LogP) is 2.91. The highest BCUT2D eigenvalue weighted by Crippen LogP contribution is 2.43. The standard InChI is InChI=1S/C16H14N2O3/c1-10-20-16(21-10)14-8-7-12(9-13(14)15(17)18-16)19-11-5-3-2-4-6-11/h2-10H,1H3,(H2,17,18). The van der Waals surface area contributed by atoms with Gasteiger partial charge in [0.1, 0.15) is 17.3 Å². The molecule has 5 heteroatoms. The molecule has 2 aromatic carbocycles. The van der Waals surface area contributed by atoms with E-state index in [0.29, 0.717) is 5.75 Å². The molecule has 2 aromatic rings. The quantitative estimate of drug-likeness (QED) is 0.889. The lowest BCUT2D eigenvalue weighted by Crippen LogP contribution is -2.57. The van der Waals surface area contributed by atoms with Gasteiger partial charge >= 0.3 is 0 Å². The first-order valence-corrected chi connectivity index (χ1v) is 6.76. The first-order chi connectivity index (χ1) is 10.2. The lowest BCUT2D eigenvalue weighted by Gasteiger charge is -2.43. The van der Waals surface area contributed by atoms with Gasteiger partial charge in [0.15, 0.2) is 6.29 Å². The molecule has 1 spiro atoms. The molecular weight excluding hydrogens is 268 g/mol. The fourth-order valence-corrected chi connectivity index (χ4v) is 2.67. The summed E-state index contributed by atoms with van der Waals surface area (Å²) in [5, 5.41) is 11.0. The fraction of sp³-hybridized carbons (Fsp3) is 0.188. The Kier molecular flexibility index (Phi) is 2.54. The van der Waals surface area contributed by atoms with Gasteiger partial charge in [0, 0.05) is 11.1 Å². The number of ether oxygens (including phenoxy) is 3. The molecule has 2 N–H and O–H groups in total. The smallest absolute Gasteiger partial charge is 0.284 e. The first kappa shape index (κ1) is 12.4. The van der Waals surface area contributed by atoms with Crippen molar-refractivity contribution in [2.45, 2.75) is 19.1 Å². The van der Waals surface area contributed by atoms with Crippen molar-refractivity contribution in [2.75, 3.05) is 0 Å². The van der Waals surface area contributed by atoms with E-state index in [9.17, 15) is 0 Å². The average molecular weight is 282 g/mol. The second-order valence-electron chi connectivity index (χ2n) is 5.04. The maximum atomic E-state index is 8.04. The lowest BCUT2D eigenvalue weighted by molar-refractivity contribution is -0.461. The van der Waals surface area contributed by atoms with Crippen LogP contribution in [0, 0.1) is 5.41 Å². The summed E-state index contributed by atoms with van der Waals surface area (Å²) < 4.78 is 17.0. The molecule has 2 heterocycles. The summed E-state index contributed by atoms with van der Waals surface area (Å²) in [4.78, 5) is 0. The van der Waals surface area contributed by atoms with Crippen LogP contribution in [0.3, 0.4) is 0 Å². The van der Waals surface area contributed by atoms with E-state index in [1.165, 1.54) is 0 Å². The number of para-hydroxylation sites is 1. The maximum absolute atomic E-state index is 8.04. The Morgan fingerprint density at radius 3 is 2.57 bits per heavy atom. The van der Waals surface area contributed by atoms with Gasteiger partial charge in [-0.1, -0.05) is 18.2 Å². The van der Waals surface area contributed by atoms with Crippen molar-refractivity contribution in [2.24, 2.45) is 0 Å². The Hall–Kier alpha value is -2.37. The minimum atomic E-state index is -0.989. The molecule has 2 aliphatic heterocycles. The molecule has 1 fully saturated rings. The molecule has 0 aliphatic carbocycles. The molecule has 0 unspecified atom stereocenters. The topological polar surface area (TPSA) is 63.6 Å². The highest BCUT2D eigenvalue weighted by molar-refractivity contribution is 6.01. The molecule has 106 valence electrons. The third kappa shape index (κ3) is 1.90. The van der Waals surface area contributed by atoms with Crippen molar-refractivity contribution in [3.05, 3.63) is 59.7 Å². The normalized spacial score (nSPS) is 26.1. The Bertz CT molecular complexity index is 709. The Labute approximate surface area is 122 Å². The van der Waals surface area contributed by atoms with E-state index in [0.717, 1.165) is 16.9 Å². The van der Waals surface area contributed by atoms with Crippen LogP contribution in [0.1, 0.15) is 18.1 Å². The van der Waals surface area contributed by atoms with Gasteiger partial charge in [-0.25, -0.2) is 0 Å². The Morgan fingerprint density at radius 1 is 1.10 bits per heavy atom. The first-order valence-electron chi connectivity index (χ1n) is 6.76. The summed E-state index contributed by atoms with van der Waals surface area (Å²) in [6.07, 6.45) is -0.267. The molecule has 2 aliphatic rings. The maximum Gasteiger partial charge on any atom is 0.284 e. The summed E-state index contributed by atoms with van der Waals surface area (Å²) in [5.74, 6) is 0.720. The van der Waals surface area contributed by atoms with E-state index in [1.54, 1.807) is 0 Å². The minimum Gasteiger partial charge on any atom is -0.457 e. The van der Waals surface area contributed by atoms with Crippen molar-refractivity contribution < 1.29 is 14.2 Å². The van der Waals surface area contributed by atoms with Crippen LogP contribution in [0.25, 0.3) is 0 Å². The van der Waals surface area contributed by atoms with E-state index in [1.807, 2.05) is 55.5 Å². The van der Waals surface area contributed by atoms with Crippen LogP contribution in [0.4, 0.5) is 0 Å². The zero-order valence-corrected chi connectivity index (χ0v) is 11.4. The molecule has 0 bridgehead atoms. The van der Waals surface area contributed by atoms with E-state index in [2.05, 4.69) is 5.32 Å². The molecule has 0 radical (unpaired) electrons. The molecule has 0 aromatic heterocycles. The summed E-state index contributed by atoms with van der Waals surface area (Å²) >= 11 is 0. The van der Waals surface area contributed by atoms with Crippen LogP contribution in [0.5, 0.6) is 11.5 Å². The third-order valence-electron chi connectivity index (χ3n) is 3.55. The number of rotatable bonds is 2. The molecule has 0 saturated carbocycles. The molecular formula is C16H14N2O3. The van der Waals surface area contributed by atoms with E-state index in [4.69, 9.17) is 19.6 Å². The Balaban J connectivity index is 1.66. The predicted molar refractivity (Wildman–Crippen MR) is 76.2 cm³/mol. The average Bonchev–Trinajstić information content (AvgIpc) is 2.73. The number of hydrogen-bond donors (Lipinski definition) is 2.